The highest BCUT2D eigenvalue weighted by Crippen LogP contribution is 2.32. The molecule has 1 aromatic heterocycles. The molecule has 35 heavy (non-hydrogen) atoms. The number of sulfone groups is 1. The fourth-order valence-electron chi connectivity index (χ4n) is 3.11. The number of hydrogen-bond acceptors (Lipinski definition) is 10. The number of esters is 1. The molecule has 0 spiro atoms. The number of aromatic nitrogens is 2. The Labute approximate surface area is 213 Å². The van der Waals surface area contributed by atoms with Gasteiger partial charge in [-0.2, -0.15) is 0 Å². The first kappa shape index (κ1) is 26.6. The van der Waals surface area contributed by atoms with Crippen molar-refractivity contribution in [2.75, 3.05) is 23.8 Å². The predicted molar refractivity (Wildman–Crippen MR) is 143 cm³/mol. The topological polar surface area (TPSA) is 122 Å². The van der Waals surface area contributed by atoms with E-state index in [1.165, 1.54) is 35.2 Å². The van der Waals surface area contributed by atoms with Gasteiger partial charge in [-0.05, 0) is 42.0 Å². The van der Waals surface area contributed by atoms with Crippen LogP contribution in [0.2, 0.25) is 0 Å². The molecule has 0 atom stereocenters. The van der Waals surface area contributed by atoms with Gasteiger partial charge in [-0.3, -0.25) is 5.41 Å². The molecule has 0 fully saturated rings. The predicted octanol–water partition coefficient (Wildman–Crippen LogP) is 5.07. The van der Waals surface area contributed by atoms with Gasteiger partial charge in [0.15, 0.2) is 14.8 Å². The van der Waals surface area contributed by atoms with E-state index in [9.17, 15) is 13.2 Å². The molecular weight excluding hydrogens is 504 g/mol. The van der Waals surface area contributed by atoms with Crippen LogP contribution in [0.3, 0.4) is 0 Å². The molecule has 0 aliphatic carbocycles. The SMILES string of the molecule is CSCOC(=O)C(=N)/C=C(\Nc1ccccc1C(C)C)c1nnc(-c2cccc(S(C)(=O)=O)c2)s1. The first-order valence-corrected chi connectivity index (χ1v) is 14.7. The molecule has 1 heterocycles. The van der Waals surface area contributed by atoms with Gasteiger partial charge in [-0.25, -0.2) is 13.2 Å². The summed E-state index contributed by atoms with van der Waals surface area (Å²) in [5.74, 6) is -0.371. The maximum absolute atomic E-state index is 12.2. The van der Waals surface area contributed by atoms with Gasteiger partial charge in [0.25, 0.3) is 0 Å². The molecule has 3 aromatic rings. The van der Waals surface area contributed by atoms with Crippen LogP contribution < -0.4 is 5.32 Å². The number of rotatable bonds is 10. The number of para-hydroxylation sites is 1. The number of thioether (sulfide) groups is 1. The Kier molecular flexibility index (Phi) is 8.82. The zero-order chi connectivity index (χ0) is 25.6. The minimum Gasteiger partial charge on any atom is -0.450 e. The number of nitrogens with zero attached hydrogens (tertiary/aromatic N) is 2. The van der Waals surface area contributed by atoms with E-state index in [1.54, 1.807) is 24.5 Å². The van der Waals surface area contributed by atoms with Crippen molar-refractivity contribution in [1.29, 1.82) is 5.41 Å². The van der Waals surface area contributed by atoms with E-state index in [4.69, 9.17) is 10.1 Å². The molecule has 0 aliphatic heterocycles. The third-order valence-corrected chi connectivity index (χ3v) is 7.30. The number of benzene rings is 2. The van der Waals surface area contributed by atoms with Crippen LogP contribution in [0, 0.1) is 5.41 Å². The van der Waals surface area contributed by atoms with Crippen LogP contribution in [-0.2, 0) is 19.4 Å². The van der Waals surface area contributed by atoms with E-state index >= 15 is 0 Å². The summed E-state index contributed by atoms with van der Waals surface area (Å²) in [5, 5.41) is 21.0. The number of ether oxygens (including phenoxy) is 1. The lowest BCUT2D eigenvalue weighted by Gasteiger charge is -2.15. The van der Waals surface area contributed by atoms with Gasteiger partial charge in [0, 0.05) is 17.5 Å². The molecule has 0 amide bonds. The van der Waals surface area contributed by atoms with Gasteiger partial charge >= 0.3 is 5.97 Å². The Morgan fingerprint density at radius 2 is 1.94 bits per heavy atom. The monoisotopic (exact) mass is 530 g/mol. The van der Waals surface area contributed by atoms with Crippen LogP contribution in [0.15, 0.2) is 59.5 Å². The van der Waals surface area contributed by atoms with Crippen molar-refractivity contribution in [2.24, 2.45) is 0 Å². The van der Waals surface area contributed by atoms with Crippen molar-refractivity contribution in [3.63, 3.8) is 0 Å². The molecule has 11 heteroatoms. The lowest BCUT2D eigenvalue weighted by molar-refractivity contribution is -0.133. The Hall–Kier alpha value is -3.02. The van der Waals surface area contributed by atoms with E-state index in [2.05, 4.69) is 29.4 Å². The molecule has 0 unspecified atom stereocenters. The standard InChI is InChI=1S/C24H26N4O4S3/c1-15(2)18-10-5-6-11-20(18)26-21(13-19(25)24(29)32-14-33-3)23-28-27-22(34-23)16-8-7-9-17(12-16)35(4,30)31/h5-13,15,25-26H,14H2,1-4H3/b21-13-,25-19?. The van der Waals surface area contributed by atoms with Crippen LogP contribution >= 0.6 is 23.1 Å². The molecule has 3 rings (SSSR count). The summed E-state index contributed by atoms with van der Waals surface area (Å²) in [4.78, 5) is 12.4. The van der Waals surface area contributed by atoms with Crippen LogP contribution in [0.1, 0.15) is 30.3 Å². The average molecular weight is 531 g/mol. The molecule has 0 radical (unpaired) electrons. The minimum absolute atomic E-state index is 0.146. The van der Waals surface area contributed by atoms with E-state index in [0.717, 1.165) is 17.5 Å². The quantitative estimate of drug-likeness (QED) is 0.212. The van der Waals surface area contributed by atoms with Gasteiger partial charge in [0.05, 0.1) is 10.6 Å². The van der Waals surface area contributed by atoms with Crippen molar-refractivity contribution < 1.29 is 17.9 Å². The van der Waals surface area contributed by atoms with Crippen LogP contribution in [0.5, 0.6) is 0 Å². The van der Waals surface area contributed by atoms with Crippen LogP contribution in [-0.4, -0.2) is 48.7 Å². The zero-order valence-corrected chi connectivity index (χ0v) is 22.2. The van der Waals surface area contributed by atoms with Gasteiger partial charge in [0.2, 0.25) is 0 Å². The molecule has 0 bridgehead atoms. The van der Waals surface area contributed by atoms with E-state index < -0.39 is 15.8 Å². The molecule has 184 valence electrons. The second-order valence-electron chi connectivity index (χ2n) is 7.89. The third kappa shape index (κ3) is 7.00. The number of hydrogen-bond donors (Lipinski definition) is 2. The Morgan fingerprint density at radius 3 is 2.63 bits per heavy atom. The molecule has 8 nitrogen and oxygen atoms in total. The second kappa shape index (κ2) is 11.6. The summed E-state index contributed by atoms with van der Waals surface area (Å²) >= 11 is 2.55. The fourth-order valence-corrected chi connectivity index (χ4v) is 4.82. The first-order valence-electron chi connectivity index (χ1n) is 10.6. The number of anilines is 1. The zero-order valence-electron chi connectivity index (χ0n) is 19.7. The van der Waals surface area contributed by atoms with Crippen molar-refractivity contribution in [3.05, 3.63) is 65.2 Å². The summed E-state index contributed by atoms with van der Waals surface area (Å²) in [7, 11) is -3.38. The second-order valence-corrected chi connectivity index (χ2v) is 11.7. The summed E-state index contributed by atoms with van der Waals surface area (Å²) in [6.45, 7) is 4.15. The van der Waals surface area contributed by atoms with Crippen LogP contribution in [0.4, 0.5) is 5.69 Å². The molecule has 2 N–H and O–H groups in total. The Bertz CT molecular complexity index is 1360. The summed E-state index contributed by atoms with van der Waals surface area (Å²) in [6, 6.07) is 14.2. The number of carbonyl (C=O) groups is 1. The van der Waals surface area contributed by atoms with Gasteiger partial charge in [-0.1, -0.05) is 55.5 Å². The highest BCUT2D eigenvalue weighted by atomic mass is 32.2. The number of nitrogens with one attached hydrogen (secondary N) is 2. The Morgan fingerprint density at radius 1 is 1.20 bits per heavy atom. The molecule has 0 saturated carbocycles. The largest absolute Gasteiger partial charge is 0.450 e. The average Bonchev–Trinajstić information content (AvgIpc) is 3.32. The molecular formula is C24H26N4O4S3. The van der Waals surface area contributed by atoms with Gasteiger partial charge in [-0.15, -0.1) is 22.0 Å². The van der Waals surface area contributed by atoms with E-state index in [-0.39, 0.29) is 22.5 Å². The van der Waals surface area contributed by atoms with Gasteiger partial charge in [0.1, 0.15) is 16.7 Å². The molecule has 2 aromatic carbocycles. The summed E-state index contributed by atoms with van der Waals surface area (Å²) < 4.78 is 29.0. The van der Waals surface area contributed by atoms with Crippen molar-refractivity contribution in [2.45, 2.75) is 24.7 Å². The normalized spacial score (nSPS) is 12.0. The minimum atomic E-state index is -3.38. The lowest BCUT2D eigenvalue weighted by atomic mass is 10.0. The van der Waals surface area contributed by atoms with Gasteiger partial charge < -0.3 is 10.1 Å². The third-order valence-electron chi connectivity index (χ3n) is 4.83. The van der Waals surface area contributed by atoms with Crippen molar-refractivity contribution in [1.82, 2.24) is 10.2 Å². The molecule has 0 saturated heterocycles. The highest BCUT2D eigenvalue weighted by molar-refractivity contribution is 7.98. The van der Waals surface area contributed by atoms with Crippen molar-refractivity contribution in [3.8, 4) is 10.6 Å². The van der Waals surface area contributed by atoms with Crippen LogP contribution in [0.25, 0.3) is 16.3 Å². The maximum Gasteiger partial charge on any atom is 0.357 e. The summed E-state index contributed by atoms with van der Waals surface area (Å²) in [5.41, 5.74) is 2.55. The fraction of sp³-hybridized carbons (Fsp3) is 0.250. The highest BCUT2D eigenvalue weighted by Gasteiger charge is 2.18. The first-order chi connectivity index (χ1) is 16.6. The van der Waals surface area contributed by atoms with E-state index in [1.807, 2.05) is 24.3 Å². The van der Waals surface area contributed by atoms with E-state index in [0.29, 0.717) is 21.3 Å². The van der Waals surface area contributed by atoms with Crippen molar-refractivity contribution >= 4 is 56.0 Å². The Balaban J connectivity index is 2.02. The number of carbonyl (C=O) groups excluding carboxylic acids is 1. The smallest absolute Gasteiger partial charge is 0.357 e. The summed E-state index contributed by atoms with van der Waals surface area (Å²) in [6.07, 6.45) is 4.32. The lowest BCUT2D eigenvalue weighted by Crippen LogP contribution is -2.16. The maximum atomic E-state index is 12.2. The molecule has 0 aliphatic rings.